The number of benzene rings is 3. The van der Waals surface area contributed by atoms with Crippen LogP contribution in [0.5, 0.6) is 5.75 Å². The fourth-order valence-corrected chi connectivity index (χ4v) is 6.99. The van der Waals surface area contributed by atoms with Crippen LogP contribution in [0.15, 0.2) is 89.0 Å². The van der Waals surface area contributed by atoms with Crippen molar-refractivity contribution in [2.24, 2.45) is 0 Å². The Balaban J connectivity index is 1.42. The molecule has 2 aliphatic heterocycles. The van der Waals surface area contributed by atoms with Crippen molar-refractivity contribution < 1.29 is 17.9 Å². The van der Waals surface area contributed by atoms with Crippen molar-refractivity contribution in [1.29, 1.82) is 0 Å². The average molecular weight is 582 g/mol. The highest BCUT2D eigenvalue weighted by Crippen LogP contribution is 2.33. The minimum Gasteiger partial charge on any atom is -0.467 e. The number of hydrogen-bond donors (Lipinski definition) is 0. The van der Waals surface area contributed by atoms with E-state index in [0.29, 0.717) is 24.7 Å². The summed E-state index contributed by atoms with van der Waals surface area (Å²) in [4.78, 5) is 4.56. The van der Waals surface area contributed by atoms with Crippen LogP contribution >= 0.6 is 11.6 Å². The molecule has 7 nitrogen and oxygen atoms in total. The number of sulfonamides is 1. The summed E-state index contributed by atoms with van der Waals surface area (Å²) in [5.41, 5.74) is 3.08. The Labute approximate surface area is 242 Å². The highest BCUT2D eigenvalue weighted by atomic mass is 35.5. The Hall–Kier alpha value is -3.04. The van der Waals surface area contributed by atoms with E-state index in [1.165, 1.54) is 4.31 Å². The van der Waals surface area contributed by atoms with Crippen molar-refractivity contribution in [3.05, 3.63) is 89.1 Å². The van der Waals surface area contributed by atoms with Gasteiger partial charge in [-0.15, -0.1) is 0 Å². The molecule has 0 aliphatic carbocycles. The van der Waals surface area contributed by atoms with Gasteiger partial charge in [-0.1, -0.05) is 42.8 Å². The predicted molar refractivity (Wildman–Crippen MR) is 161 cm³/mol. The van der Waals surface area contributed by atoms with Gasteiger partial charge in [0.25, 0.3) is 0 Å². The van der Waals surface area contributed by atoms with E-state index < -0.39 is 16.1 Å². The van der Waals surface area contributed by atoms with Crippen LogP contribution in [0.2, 0.25) is 5.02 Å². The van der Waals surface area contributed by atoms with Gasteiger partial charge < -0.3 is 19.3 Å². The number of hydrogen-bond acceptors (Lipinski definition) is 6. The first-order chi connectivity index (χ1) is 19.2. The van der Waals surface area contributed by atoms with Crippen molar-refractivity contribution in [3.8, 4) is 5.75 Å². The predicted octanol–water partition coefficient (Wildman–Crippen LogP) is 5.91. The molecule has 0 aromatic heterocycles. The van der Waals surface area contributed by atoms with Gasteiger partial charge in [-0.2, -0.15) is 4.31 Å². The lowest BCUT2D eigenvalue weighted by Crippen LogP contribution is -2.42. The zero-order valence-corrected chi connectivity index (χ0v) is 25.0. The lowest BCUT2D eigenvalue weighted by Gasteiger charge is -2.37. The van der Waals surface area contributed by atoms with Gasteiger partial charge in [0, 0.05) is 61.6 Å². The third kappa shape index (κ3) is 5.59. The number of anilines is 1. The van der Waals surface area contributed by atoms with Crippen LogP contribution in [-0.2, 0) is 14.8 Å². The Bertz CT molecular complexity index is 1550. The molecule has 3 aromatic rings. The molecule has 40 heavy (non-hydrogen) atoms. The van der Waals surface area contributed by atoms with E-state index in [-0.39, 0.29) is 11.1 Å². The smallest absolute Gasteiger partial charge is 0.243 e. The lowest BCUT2D eigenvalue weighted by molar-refractivity contribution is 0.105. The molecule has 212 valence electrons. The number of likely N-dealkylation sites (N-methyl/N-ethyl adjacent to an activating group) is 2. The summed E-state index contributed by atoms with van der Waals surface area (Å²) < 4.78 is 41.0. The number of morpholine rings is 1. The van der Waals surface area contributed by atoms with Crippen molar-refractivity contribution in [1.82, 2.24) is 9.21 Å². The van der Waals surface area contributed by atoms with E-state index in [4.69, 9.17) is 21.1 Å². The second kappa shape index (κ2) is 11.8. The number of fused-ring (bicyclic) bond motifs is 1. The first-order valence-corrected chi connectivity index (χ1v) is 15.4. The van der Waals surface area contributed by atoms with E-state index in [1.807, 2.05) is 55.4 Å². The fraction of sp³-hybridized carbons (Fsp3) is 0.355. The molecular weight excluding hydrogens is 546 g/mol. The standard InChI is InChI=1S/C31H36ClN3O4S/c1-5-27-28(22(2)34(4)40(36,37)26-12-13-29-23(20-26)8-6-11-30(29)32)14-15-33(3)31(27)39-25-10-7-9-24(21-25)35-16-18-38-19-17-35/h6-15,20-22,31H,5,16-19H2,1-4H3. The van der Waals surface area contributed by atoms with Crippen molar-refractivity contribution in [3.63, 3.8) is 0 Å². The maximum Gasteiger partial charge on any atom is 0.243 e. The van der Waals surface area contributed by atoms with E-state index in [9.17, 15) is 8.42 Å². The average Bonchev–Trinajstić information content (AvgIpc) is 2.98. The third-order valence-corrected chi connectivity index (χ3v) is 10.1. The number of ether oxygens (including phenoxy) is 2. The summed E-state index contributed by atoms with van der Waals surface area (Å²) in [7, 11) is -0.167. The second-order valence-electron chi connectivity index (χ2n) is 10.2. The SMILES string of the molecule is CCC1=C(C(C)N(C)S(=O)(=O)c2ccc3c(Cl)cccc3c2)C=CN(C)C1Oc1cccc(N2CCOCC2)c1. The molecule has 2 heterocycles. The molecule has 2 atom stereocenters. The summed E-state index contributed by atoms with van der Waals surface area (Å²) in [5, 5.41) is 2.21. The Morgan fingerprint density at radius 2 is 1.85 bits per heavy atom. The molecule has 3 aromatic carbocycles. The molecule has 5 rings (SSSR count). The van der Waals surface area contributed by atoms with Gasteiger partial charge in [0.1, 0.15) is 5.75 Å². The lowest BCUT2D eigenvalue weighted by atomic mass is 9.95. The van der Waals surface area contributed by atoms with Crippen molar-refractivity contribution in [2.45, 2.75) is 37.4 Å². The van der Waals surface area contributed by atoms with Gasteiger partial charge in [-0.05, 0) is 66.3 Å². The highest BCUT2D eigenvalue weighted by molar-refractivity contribution is 7.89. The van der Waals surface area contributed by atoms with Crippen LogP contribution in [0.4, 0.5) is 5.69 Å². The van der Waals surface area contributed by atoms with Crippen LogP contribution in [0, 0.1) is 0 Å². The maximum absolute atomic E-state index is 13.8. The molecule has 0 spiro atoms. The number of rotatable bonds is 8. The number of halogens is 1. The van der Waals surface area contributed by atoms with Crippen LogP contribution in [0.1, 0.15) is 20.3 Å². The normalized spacial score (nSPS) is 19.0. The van der Waals surface area contributed by atoms with Gasteiger partial charge >= 0.3 is 0 Å². The van der Waals surface area contributed by atoms with Gasteiger partial charge in [0.2, 0.25) is 10.0 Å². The zero-order valence-electron chi connectivity index (χ0n) is 23.4. The third-order valence-electron chi connectivity index (χ3n) is 7.82. The molecular formula is C31H36ClN3O4S. The van der Waals surface area contributed by atoms with Crippen LogP contribution in [0.3, 0.4) is 0 Å². The van der Waals surface area contributed by atoms with Gasteiger partial charge in [0.15, 0.2) is 6.23 Å². The molecule has 0 radical (unpaired) electrons. The van der Waals surface area contributed by atoms with Gasteiger partial charge in [-0.25, -0.2) is 8.42 Å². The summed E-state index contributed by atoms with van der Waals surface area (Å²) in [6, 6.07) is 18.3. The first kappa shape index (κ1) is 28.5. The molecule has 0 bridgehead atoms. The monoisotopic (exact) mass is 581 g/mol. The Kier molecular flexibility index (Phi) is 8.42. The molecule has 1 saturated heterocycles. The van der Waals surface area contributed by atoms with Crippen molar-refractivity contribution >= 4 is 38.1 Å². The quantitative estimate of drug-likeness (QED) is 0.330. The molecule has 0 N–H and O–H groups in total. The maximum atomic E-state index is 13.8. The highest BCUT2D eigenvalue weighted by Gasteiger charge is 2.33. The number of nitrogens with zero attached hydrogens (tertiary/aromatic N) is 3. The topological polar surface area (TPSA) is 62.3 Å². The van der Waals surface area contributed by atoms with E-state index in [2.05, 4.69) is 24.0 Å². The van der Waals surface area contributed by atoms with Crippen molar-refractivity contribution in [2.75, 3.05) is 45.3 Å². The van der Waals surface area contributed by atoms with Crippen LogP contribution in [0.25, 0.3) is 10.8 Å². The zero-order chi connectivity index (χ0) is 28.4. The molecule has 0 amide bonds. The Morgan fingerprint density at radius 3 is 2.60 bits per heavy atom. The van der Waals surface area contributed by atoms with E-state index in [0.717, 1.165) is 46.4 Å². The molecule has 2 unspecified atom stereocenters. The van der Waals surface area contributed by atoms with Crippen LogP contribution in [-0.4, -0.2) is 70.3 Å². The molecule has 1 fully saturated rings. The largest absolute Gasteiger partial charge is 0.467 e. The van der Waals surface area contributed by atoms with Gasteiger partial charge in [-0.3, -0.25) is 0 Å². The van der Waals surface area contributed by atoms with Crippen LogP contribution < -0.4 is 9.64 Å². The van der Waals surface area contributed by atoms with E-state index >= 15 is 0 Å². The Morgan fingerprint density at radius 1 is 1.10 bits per heavy atom. The van der Waals surface area contributed by atoms with E-state index in [1.54, 1.807) is 31.3 Å². The molecule has 0 saturated carbocycles. The second-order valence-corrected chi connectivity index (χ2v) is 12.6. The summed E-state index contributed by atoms with van der Waals surface area (Å²) in [5.74, 6) is 0.768. The molecule has 9 heteroatoms. The first-order valence-electron chi connectivity index (χ1n) is 13.6. The minimum absolute atomic E-state index is 0.236. The van der Waals surface area contributed by atoms with Gasteiger partial charge in [0.05, 0.1) is 18.1 Å². The minimum atomic E-state index is -3.78. The molecule has 2 aliphatic rings. The summed E-state index contributed by atoms with van der Waals surface area (Å²) >= 11 is 6.30. The summed E-state index contributed by atoms with van der Waals surface area (Å²) in [6.07, 6.45) is 4.32. The summed E-state index contributed by atoms with van der Waals surface area (Å²) in [6.45, 7) is 7.14. The fourth-order valence-electron chi connectivity index (χ4n) is 5.37.